The molecule has 0 amide bonds. The van der Waals surface area contributed by atoms with Gasteiger partial charge in [0.25, 0.3) is 0 Å². The summed E-state index contributed by atoms with van der Waals surface area (Å²) in [6.07, 6.45) is 2.61. The summed E-state index contributed by atoms with van der Waals surface area (Å²) >= 11 is 0. The third-order valence-electron chi connectivity index (χ3n) is 3.56. The Morgan fingerprint density at radius 3 is 1.78 bits per heavy atom. The highest BCUT2D eigenvalue weighted by Gasteiger charge is 2.23. The van der Waals surface area contributed by atoms with Gasteiger partial charge in [0.15, 0.2) is 0 Å². The standard InChI is InChI=1S/C18H31O4P/c1-12(2)9-15-7-8-18(22-23(19,20)21)17(11-14(5)6)16(15)10-13(3)4/h7-8,12-14H,9-11H2,1-6H3,(H2,19,20,21). The maximum absolute atomic E-state index is 11.3. The van der Waals surface area contributed by atoms with Gasteiger partial charge in [-0.15, -0.1) is 0 Å². The fourth-order valence-corrected chi connectivity index (χ4v) is 3.29. The minimum atomic E-state index is -4.55. The number of rotatable bonds is 8. The van der Waals surface area contributed by atoms with Crippen LogP contribution in [-0.2, 0) is 23.8 Å². The van der Waals surface area contributed by atoms with E-state index in [0.717, 1.165) is 24.8 Å². The zero-order valence-corrected chi connectivity index (χ0v) is 16.1. The van der Waals surface area contributed by atoms with Gasteiger partial charge < -0.3 is 4.52 Å². The van der Waals surface area contributed by atoms with E-state index < -0.39 is 7.82 Å². The summed E-state index contributed by atoms with van der Waals surface area (Å²) < 4.78 is 16.3. The Labute approximate surface area is 140 Å². The lowest BCUT2D eigenvalue weighted by Gasteiger charge is -2.22. The largest absolute Gasteiger partial charge is 0.524 e. The summed E-state index contributed by atoms with van der Waals surface area (Å²) in [5.74, 6) is 1.71. The highest BCUT2D eigenvalue weighted by Crippen LogP contribution is 2.41. The molecule has 23 heavy (non-hydrogen) atoms. The first kappa shape index (κ1) is 20.2. The molecule has 4 nitrogen and oxygen atoms in total. The number of phosphoric ester groups is 1. The third kappa shape index (κ3) is 7.07. The Bertz CT molecular complexity index is 558. The van der Waals surface area contributed by atoms with Crippen molar-refractivity contribution in [1.29, 1.82) is 0 Å². The molecule has 0 saturated carbocycles. The molecule has 5 heteroatoms. The molecule has 0 heterocycles. The lowest BCUT2D eigenvalue weighted by atomic mass is 9.86. The van der Waals surface area contributed by atoms with Crippen LogP contribution in [0.25, 0.3) is 0 Å². The van der Waals surface area contributed by atoms with Gasteiger partial charge in [0, 0.05) is 0 Å². The first-order valence-corrected chi connectivity index (χ1v) is 9.91. The average Bonchev–Trinajstić information content (AvgIpc) is 2.33. The van der Waals surface area contributed by atoms with E-state index in [-0.39, 0.29) is 0 Å². The van der Waals surface area contributed by atoms with Crippen molar-refractivity contribution in [1.82, 2.24) is 0 Å². The van der Waals surface area contributed by atoms with E-state index in [0.29, 0.717) is 23.5 Å². The lowest BCUT2D eigenvalue weighted by Crippen LogP contribution is -2.10. The first-order valence-electron chi connectivity index (χ1n) is 8.38. The molecular formula is C18H31O4P. The normalized spacial score (nSPS) is 12.5. The summed E-state index contributed by atoms with van der Waals surface area (Å²) in [5.41, 5.74) is 3.42. The van der Waals surface area contributed by atoms with Crippen molar-refractivity contribution in [2.24, 2.45) is 17.8 Å². The van der Waals surface area contributed by atoms with E-state index in [4.69, 9.17) is 4.52 Å². The van der Waals surface area contributed by atoms with Crippen molar-refractivity contribution in [3.05, 3.63) is 28.8 Å². The minimum absolute atomic E-state index is 0.329. The van der Waals surface area contributed by atoms with E-state index in [9.17, 15) is 14.4 Å². The van der Waals surface area contributed by atoms with E-state index in [2.05, 4.69) is 41.5 Å². The van der Waals surface area contributed by atoms with Crippen LogP contribution in [0.5, 0.6) is 5.75 Å². The quantitative estimate of drug-likeness (QED) is 0.669. The van der Waals surface area contributed by atoms with Crippen molar-refractivity contribution in [2.45, 2.75) is 60.8 Å². The monoisotopic (exact) mass is 342 g/mol. The minimum Gasteiger partial charge on any atom is -0.404 e. The number of benzene rings is 1. The van der Waals surface area contributed by atoms with Gasteiger partial charge in [-0.25, -0.2) is 4.57 Å². The van der Waals surface area contributed by atoms with Crippen LogP contribution in [-0.4, -0.2) is 9.79 Å². The van der Waals surface area contributed by atoms with Gasteiger partial charge in [-0.3, -0.25) is 9.79 Å². The molecule has 0 unspecified atom stereocenters. The zero-order chi connectivity index (χ0) is 17.8. The molecule has 0 spiro atoms. The van der Waals surface area contributed by atoms with Gasteiger partial charge in [-0.1, -0.05) is 47.6 Å². The Kier molecular flexibility index (Phi) is 7.31. The molecule has 0 aliphatic carbocycles. The van der Waals surface area contributed by atoms with Crippen LogP contribution in [0.2, 0.25) is 0 Å². The molecule has 2 N–H and O–H groups in total. The van der Waals surface area contributed by atoms with Crippen molar-refractivity contribution in [3.63, 3.8) is 0 Å². The molecule has 0 radical (unpaired) electrons. The Morgan fingerprint density at radius 2 is 1.35 bits per heavy atom. The second-order valence-corrected chi connectivity index (χ2v) is 8.72. The molecule has 0 aliphatic heterocycles. The predicted molar refractivity (Wildman–Crippen MR) is 94.7 cm³/mol. The predicted octanol–water partition coefficient (Wildman–Crippen LogP) is 4.75. The van der Waals surface area contributed by atoms with Gasteiger partial charge in [0.1, 0.15) is 5.75 Å². The van der Waals surface area contributed by atoms with Crippen LogP contribution in [0.1, 0.15) is 58.2 Å². The maximum atomic E-state index is 11.3. The topological polar surface area (TPSA) is 66.8 Å². The molecule has 0 atom stereocenters. The lowest BCUT2D eigenvalue weighted by molar-refractivity contribution is 0.281. The second-order valence-electron chi connectivity index (χ2n) is 7.56. The molecule has 1 aromatic carbocycles. The summed E-state index contributed by atoms with van der Waals surface area (Å²) in [5, 5.41) is 0. The van der Waals surface area contributed by atoms with Gasteiger partial charge in [-0.2, -0.15) is 0 Å². The van der Waals surface area contributed by atoms with Crippen LogP contribution in [0.15, 0.2) is 12.1 Å². The van der Waals surface area contributed by atoms with Crippen LogP contribution in [0.3, 0.4) is 0 Å². The molecular weight excluding hydrogens is 311 g/mol. The molecule has 0 bridgehead atoms. The smallest absolute Gasteiger partial charge is 0.404 e. The Morgan fingerprint density at radius 1 is 0.870 bits per heavy atom. The van der Waals surface area contributed by atoms with Crippen molar-refractivity contribution in [2.75, 3.05) is 0 Å². The third-order valence-corrected chi connectivity index (χ3v) is 3.99. The van der Waals surface area contributed by atoms with Gasteiger partial charge in [0.2, 0.25) is 0 Å². The highest BCUT2D eigenvalue weighted by molar-refractivity contribution is 7.46. The van der Waals surface area contributed by atoms with Crippen molar-refractivity contribution >= 4 is 7.82 Å². The molecule has 0 saturated heterocycles. The average molecular weight is 342 g/mol. The maximum Gasteiger partial charge on any atom is 0.524 e. The molecule has 132 valence electrons. The summed E-state index contributed by atoms with van der Waals surface area (Å²) in [6.45, 7) is 12.9. The van der Waals surface area contributed by atoms with Crippen LogP contribution in [0, 0.1) is 17.8 Å². The summed E-state index contributed by atoms with van der Waals surface area (Å²) in [6, 6.07) is 3.69. The summed E-state index contributed by atoms with van der Waals surface area (Å²) in [4.78, 5) is 18.4. The fourth-order valence-electron chi connectivity index (χ4n) is 2.86. The van der Waals surface area contributed by atoms with Crippen LogP contribution < -0.4 is 4.52 Å². The fraction of sp³-hybridized carbons (Fsp3) is 0.667. The molecule has 1 rings (SSSR count). The Hall–Kier alpha value is -0.830. The Balaban J connectivity index is 3.44. The van der Waals surface area contributed by atoms with Crippen molar-refractivity contribution < 1.29 is 18.9 Å². The van der Waals surface area contributed by atoms with Crippen molar-refractivity contribution in [3.8, 4) is 5.75 Å². The number of hydrogen-bond acceptors (Lipinski definition) is 2. The van der Waals surface area contributed by atoms with Crippen LogP contribution in [0.4, 0.5) is 0 Å². The summed E-state index contributed by atoms with van der Waals surface area (Å²) in [7, 11) is -4.55. The van der Waals surface area contributed by atoms with Gasteiger partial charge >= 0.3 is 7.82 Å². The number of hydrogen-bond donors (Lipinski definition) is 2. The first-order chi connectivity index (χ1) is 10.5. The van der Waals surface area contributed by atoms with Crippen LogP contribution >= 0.6 is 7.82 Å². The van der Waals surface area contributed by atoms with E-state index in [1.165, 1.54) is 11.1 Å². The molecule has 0 aromatic heterocycles. The van der Waals surface area contributed by atoms with Gasteiger partial charge in [-0.05, 0) is 59.8 Å². The SMILES string of the molecule is CC(C)Cc1ccc(OP(=O)(O)O)c(CC(C)C)c1CC(C)C. The van der Waals surface area contributed by atoms with E-state index >= 15 is 0 Å². The van der Waals surface area contributed by atoms with E-state index in [1.54, 1.807) is 6.07 Å². The van der Waals surface area contributed by atoms with E-state index in [1.807, 2.05) is 6.07 Å². The zero-order valence-electron chi connectivity index (χ0n) is 15.2. The van der Waals surface area contributed by atoms with Gasteiger partial charge in [0.05, 0.1) is 0 Å². The molecule has 0 aliphatic rings. The molecule has 1 aromatic rings. The second kappa shape index (κ2) is 8.32. The molecule has 0 fully saturated rings. The number of phosphoric acid groups is 1. The highest BCUT2D eigenvalue weighted by atomic mass is 31.2.